The Balaban J connectivity index is 1.35. The number of hydrogen-bond donors (Lipinski definition) is 1. The molecule has 1 atom stereocenters. The highest BCUT2D eigenvalue weighted by Gasteiger charge is 2.75. The number of Topliss-reactive ketones (excluding diaryl/α,β-unsaturated/α-hetero) is 1. The fourth-order valence-corrected chi connectivity index (χ4v) is 7.78. The van der Waals surface area contributed by atoms with E-state index in [1.807, 2.05) is 0 Å². The molecule has 1 aliphatic heterocycles. The van der Waals surface area contributed by atoms with Gasteiger partial charge in [-0.1, -0.05) is 12.1 Å². The van der Waals surface area contributed by atoms with Crippen molar-refractivity contribution >= 4 is 21.6 Å². The summed E-state index contributed by atoms with van der Waals surface area (Å²) in [5.41, 5.74) is -3.36. The van der Waals surface area contributed by atoms with E-state index in [9.17, 15) is 43.9 Å². The summed E-state index contributed by atoms with van der Waals surface area (Å²) in [6, 6.07) is 8.39. The maximum absolute atomic E-state index is 13.8. The molecule has 3 saturated carbocycles. The molecule has 1 heterocycles. The van der Waals surface area contributed by atoms with Gasteiger partial charge in [-0.15, -0.1) is 0 Å². The summed E-state index contributed by atoms with van der Waals surface area (Å²) in [7, 11) is -4.22. The van der Waals surface area contributed by atoms with Gasteiger partial charge in [0.1, 0.15) is 17.2 Å². The average molecular weight is 606 g/mol. The number of halogens is 7. The topological polar surface area (TPSA) is 78.8 Å². The minimum Gasteiger partial charge on any atom is -0.360 e. The minimum atomic E-state index is -4.56. The Hall–Kier alpha value is -3.00. The average Bonchev–Trinajstić information content (AvgIpc) is 3.23. The van der Waals surface area contributed by atoms with Crippen molar-refractivity contribution < 1.29 is 43.9 Å². The third-order valence-corrected chi connectivity index (χ3v) is 10.2. The Bertz CT molecular complexity index is 1470. The van der Waals surface area contributed by atoms with Gasteiger partial charge in [-0.25, -0.2) is 12.8 Å². The van der Waals surface area contributed by atoms with Gasteiger partial charge in [0, 0.05) is 23.9 Å². The summed E-state index contributed by atoms with van der Waals surface area (Å²) >= 11 is 0. The third-order valence-electron chi connectivity index (χ3n) is 8.24. The predicted molar refractivity (Wildman–Crippen MR) is 134 cm³/mol. The van der Waals surface area contributed by atoms with Gasteiger partial charge < -0.3 is 5.32 Å². The van der Waals surface area contributed by atoms with Crippen LogP contribution in [0.5, 0.6) is 0 Å². The molecule has 2 bridgehead atoms. The van der Waals surface area contributed by atoms with Gasteiger partial charge in [0.25, 0.3) is 0 Å². The lowest BCUT2D eigenvalue weighted by Gasteiger charge is -2.73. The Kier molecular flexibility index (Phi) is 6.84. The van der Waals surface area contributed by atoms with Crippen molar-refractivity contribution in [2.75, 3.05) is 6.54 Å². The fourth-order valence-electron chi connectivity index (χ4n) is 6.02. The first kappa shape index (κ1) is 29.5. The van der Waals surface area contributed by atoms with E-state index in [1.54, 1.807) is 0 Å². The van der Waals surface area contributed by atoms with Crippen LogP contribution in [0.25, 0.3) is 0 Å². The van der Waals surface area contributed by atoms with Gasteiger partial charge in [-0.05, 0) is 68.1 Å². The second-order valence-electron chi connectivity index (χ2n) is 11.4. The highest BCUT2D eigenvalue weighted by atomic mass is 32.2. The van der Waals surface area contributed by atoms with Gasteiger partial charge in [0.05, 0.1) is 23.4 Å². The molecular formula is C27H26F7N3O3S. The van der Waals surface area contributed by atoms with Crippen LogP contribution in [0.1, 0.15) is 50.2 Å². The quantitative estimate of drug-likeness (QED) is 0.376. The fraction of sp³-hybridized carbons (Fsp3) is 0.481. The number of nitrogens with one attached hydrogen (secondary N) is 1. The number of amidine groups is 1. The van der Waals surface area contributed by atoms with E-state index in [2.05, 4.69) is 10.3 Å². The summed E-state index contributed by atoms with van der Waals surface area (Å²) in [5.74, 6) is -0.825. The van der Waals surface area contributed by atoms with Crippen molar-refractivity contribution in [3.63, 3.8) is 0 Å². The molecule has 2 aromatic rings. The smallest absolute Gasteiger partial charge is 0.360 e. The lowest BCUT2D eigenvalue weighted by atomic mass is 9.38. The van der Waals surface area contributed by atoms with Crippen molar-refractivity contribution in [1.29, 1.82) is 0 Å². The molecule has 6 nitrogen and oxygen atoms in total. The molecule has 2 aromatic carbocycles. The van der Waals surface area contributed by atoms with Crippen LogP contribution < -0.4 is 5.32 Å². The molecule has 41 heavy (non-hydrogen) atoms. The number of sulfonamides is 1. The molecule has 6 rings (SSSR count). The summed E-state index contributed by atoms with van der Waals surface area (Å²) in [6.07, 6.45) is -10.1. The summed E-state index contributed by atoms with van der Waals surface area (Å²) in [5, 5.41) is 3.00. The molecule has 0 radical (unpaired) electrons. The van der Waals surface area contributed by atoms with E-state index in [1.165, 1.54) is 23.4 Å². The minimum absolute atomic E-state index is 0.0447. The molecule has 0 saturated heterocycles. The monoisotopic (exact) mass is 605 g/mol. The van der Waals surface area contributed by atoms with Crippen molar-refractivity contribution in [3.05, 3.63) is 65.5 Å². The first-order valence-corrected chi connectivity index (χ1v) is 14.2. The van der Waals surface area contributed by atoms with E-state index < -0.39 is 68.9 Å². The van der Waals surface area contributed by atoms with Crippen LogP contribution in [-0.4, -0.2) is 48.1 Å². The van der Waals surface area contributed by atoms with Gasteiger partial charge >= 0.3 is 12.4 Å². The van der Waals surface area contributed by atoms with Gasteiger partial charge in [-0.3, -0.25) is 9.79 Å². The van der Waals surface area contributed by atoms with Gasteiger partial charge in [0.2, 0.25) is 10.0 Å². The molecule has 0 unspecified atom stereocenters. The van der Waals surface area contributed by atoms with Crippen LogP contribution in [-0.2, 0) is 27.5 Å². The number of ketones is 1. The highest BCUT2D eigenvalue weighted by Crippen LogP contribution is 2.71. The normalized spacial score (nSPS) is 27.6. The molecule has 4 aliphatic rings. The van der Waals surface area contributed by atoms with E-state index >= 15 is 0 Å². The summed E-state index contributed by atoms with van der Waals surface area (Å²) in [6.45, 7) is 1.21. The molecular weight excluding hydrogens is 579 g/mol. The van der Waals surface area contributed by atoms with Crippen molar-refractivity contribution in [2.45, 2.75) is 73.9 Å². The summed E-state index contributed by atoms with van der Waals surface area (Å²) < 4.78 is 119. The highest BCUT2D eigenvalue weighted by molar-refractivity contribution is 7.89. The lowest BCUT2D eigenvalue weighted by molar-refractivity contribution is -0.152. The Morgan fingerprint density at radius 2 is 1.56 bits per heavy atom. The maximum Gasteiger partial charge on any atom is 0.416 e. The molecule has 0 amide bonds. The van der Waals surface area contributed by atoms with E-state index in [4.69, 9.17) is 0 Å². The number of hydrogen-bond acceptors (Lipinski definition) is 5. The van der Waals surface area contributed by atoms with Crippen molar-refractivity contribution in [1.82, 2.24) is 9.62 Å². The number of rotatable bonds is 9. The van der Waals surface area contributed by atoms with Gasteiger partial charge in [-0.2, -0.15) is 30.6 Å². The second-order valence-corrected chi connectivity index (χ2v) is 13.2. The number of carbonyl (C=O) groups excluding carboxylic acids is 1. The molecule has 0 spiro atoms. The molecule has 14 heteroatoms. The number of carbonyl (C=O) groups is 1. The zero-order chi connectivity index (χ0) is 30.1. The SMILES string of the molecule is C[C@]1(C(=O)CCC(F)(F)F)CN=C(C23CC(N(Cc4ccc(C(F)(F)F)cc4)S(=O)(=O)c4ccc(F)cc4)(C2)C3)N1. The number of alkyl halides is 6. The van der Waals surface area contributed by atoms with E-state index in [0.29, 0.717) is 30.7 Å². The van der Waals surface area contributed by atoms with Gasteiger partial charge in [0.15, 0.2) is 5.78 Å². The molecule has 3 fully saturated rings. The molecule has 0 aromatic heterocycles. The molecule has 222 valence electrons. The maximum atomic E-state index is 13.8. The van der Waals surface area contributed by atoms with Crippen LogP contribution in [0, 0.1) is 11.2 Å². The Labute approximate surface area is 231 Å². The number of nitrogens with zero attached hydrogens (tertiary/aromatic N) is 2. The van der Waals surface area contributed by atoms with E-state index in [-0.39, 0.29) is 18.0 Å². The first-order valence-electron chi connectivity index (χ1n) is 12.8. The molecule has 3 aliphatic carbocycles. The van der Waals surface area contributed by atoms with Crippen molar-refractivity contribution in [2.24, 2.45) is 10.4 Å². The standard InChI is InChI=1S/C27H26F7N3O3S/c1-23(21(38)10-11-26(29,30)31)16-35-22(36-23)24-13-25(14-24,15-24)37(41(39,40)20-8-6-19(28)7-9-20)12-17-2-4-18(5-3-17)27(32,33)34/h2-9H,10-16H2,1H3,(H,35,36)/t23-,24?,25?/m1/s1. The molecule has 1 N–H and O–H groups in total. The third kappa shape index (κ3) is 5.36. The van der Waals surface area contributed by atoms with Crippen LogP contribution in [0.4, 0.5) is 30.7 Å². The largest absolute Gasteiger partial charge is 0.416 e. The number of benzene rings is 2. The Morgan fingerprint density at radius 1 is 0.976 bits per heavy atom. The van der Waals surface area contributed by atoms with Crippen molar-refractivity contribution in [3.8, 4) is 0 Å². The Morgan fingerprint density at radius 3 is 2.10 bits per heavy atom. The number of aliphatic imine (C=N–C) groups is 1. The van der Waals surface area contributed by atoms with Crippen LogP contribution >= 0.6 is 0 Å². The lowest BCUT2D eigenvalue weighted by Crippen LogP contribution is -2.78. The summed E-state index contributed by atoms with van der Waals surface area (Å²) in [4.78, 5) is 16.8. The second kappa shape index (κ2) is 9.51. The van der Waals surface area contributed by atoms with Crippen LogP contribution in [0.15, 0.2) is 58.4 Å². The zero-order valence-electron chi connectivity index (χ0n) is 21.7. The van der Waals surface area contributed by atoms with Crippen LogP contribution in [0.3, 0.4) is 0 Å². The predicted octanol–water partition coefficient (Wildman–Crippen LogP) is 5.63. The first-order chi connectivity index (χ1) is 18.9. The van der Waals surface area contributed by atoms with E-state index in [0.717, 1.165) is 36.4 Å². The zero-order valence-corrected chi connectivity index (χ0v) is 22.6. The van der Waals surface area contributed by atoms with Crippen LogP contribution in [0.2, 0.25) is 0 Å².